The molecule has 0 saturated heterocycles. The first kappa shape index (κ1) is 14.0. The molecule has 14 heavy (non-hydrogen) atoms. The molecule has 0 spiro atoms. The average Bonchev–Trinajstić information content (AvgIpc) is 2.12. The monoisotopic (exact) mass is 198 g/mol. The predicted octanol–water partition coefficient (Wildman–Crippen LogP) is 5.13. The molecular weight excluding hydrogens is 168 g/mol. The van der Waals surface area contributed by atoms with Crippen LogP contribution in [0.5, 0.6) is 0 Å². The van der Waals surface area contributed by atoms with Crippen LogP contribution in [0.2, 0.25) is 0 Å². The van der Waals surface area contributed by atoms with E-state index in [2.05, 4.69) is 48.5 Å². The second-order valence-corrected chi connectivity index (χ2v) is 5.91. The standard InChI is InChI=1S/C14H30/c1-8-13(9-2)10-14(6,7)12(5)11(3)4/h11-13H,8-10H2,1-7H3. The van der Waals surface area contributed by atoms with E-state index < -0.39 is 0 Å². The van der Waals surface area contributed by atoms with Gasteiger partial charge in [-0.2, -0.15) is 0 Å². The van der Waals surface area contributed by atoms with Crippen molar-refractivity contribution in [2.45, 2.75) is 67.7 Å². The fourth-order valence-electron chi connectivity index (χ4n) is 2.41. The lowest BCUT2D eigenvalue weighted by Gasteiger charge is -2.37. The normalized spacial score (nSPS) is 15.2. The quantitative estimate of drug-likeness (QED) is 0.555. The van der Waals surface area contributed by atoms with E-state index in [4.69, 9.17) is 0 Å². The number of hydrogen-bond acceptors (Lipinski definition) is 0. The van der Waals surface area contributed by atoms with Crippen LogP contribution in [0.15, 0.2) is 0 Å². The van der Waals surface area contributed by atoms with Crippen LogP contribution in [0.25, 0.3) is 0 Å². The summed E-state index contributed by atoms with van der Waals surface area (Å²) >= 11 is 0. The SMILES string of the molecule is CCC(CC)CC(C)(C)C(C)C(C)C. The summed E-state index contributed by atoms with van der Waals surface area (Å²) in [4.78, 5) is 0. The van der Waals surface area contributed by atoms with Crippen molar-refractivity contribution in [2.24, 2.45) is 23.2 Å². The van der Waals surface area contributed by atoms with Gasteiger partial charge in [0.25, 0.3) is 0 Å². The molecule has 0 fully saturated rings. The maximum atomic E-state index is 2.44. The van der Waals surface area contributed by atoms with Crippen molar-refractivity contribution in [3.05, 3.63) is 0 Å². The summed E-state index contributed by atoms with van der Waals surface area (Å²) in [6, 6.07) is 0. The lowest BCUT2D eigenvalue weighted by Crippen LogP contribution is -2.28. The van der Waals surface area contributed by atoms with Gasteiger partial charge in [-0.05, 0) is 29.6 Å². The molecule has 0 N–H and O–H groups in total. The van der Waals surface area contributed by atoms with Crippen molar-refractivity contribution in [3.63, 3.8) is 0 Å². The van der Waals surface area contributed by atoms with E-state index in [1.165, 1.54) is 19.3 Å². The Kier molecular flexibility index (Phi) is 5.78. The first-order valence-electron chi connectivity index (χ1n) is 6.35. The van der Waals surface area contributed by atoms with Crippen molar-refractivity contribution >= 4 is 0 Å². The van der Waals surface area contributed by atoms with Crippen LogP contribution >= 0.6 is 0 Å². The van der Waals surface area contributed by atoms with Gasteiger partial charge in [0, 0.05) is 0 Å². The van der Waals surface area contributed by atoms with Crippen LogP contribution in [-0.2, 0) is 0 Å². The Hall–Kier alpha value is 0. The fourth-order valence-corrected chi connectivity index (χ4v) is 2.41. The van der Waals surface area contributed by atoms with Gasteiger partial charge in [0.1, 0.15) is 0 Å². The Labute approximate surface area is 91.5 Å². The lowest BCUT2D eigenvalue weighted by molar-refractivity contribution is 0.130. The van der Waals surface area contributed by atoms with Crippen LogP contribution in [0.4, 0.5) is 0 Å². The Balaban J connectivity index is 4.30. The van der Waals surface area contributed by atoms with Gasteiger partial charge in [-0.1, -0.05) is 61.3 Å². The molecule has 0 amide bonds. The van der Waals surface area contributed by atoms with Crippen molar-refractivity contribution in [1.29, 1.82) is 0 Å². The zero-order valence-corrected chi connectivity index (χ0v) is 11.4. The highest BCUT2D eigenvalue weighted by molar-refractivity contribution is 4.79. The van der Waals surface area contributed by atoms with Crippen LogP contribution in [-0.4, -0.2) is 0 Å². The first-order chi connectivity index (χ1) is 6.35. The van der Waals surface area contributed by atoms with E-state index in [0.29, 0.717) is 5.41 Å². The van der Waals surface area contributed by atoms with Gasteiger partial charge in [0.2, 0.25) is 0 Å². The largest absolute Gasteiger partial charge is 0.0651 e. The molecule has 0 saturated carbocycles. The van der Waals surface area contributed by atoms with Crippen molar-refractivity contribution in [2.75, 3.05) is 0 Å². The van der Waals surface area contributed by atoms with Gasteiger partial charge in [-0.25, -0.2) is 0 Å². The molecule has 0 aliphatic heterocycles. The minimum atomic E-state index is 0.505. The van der Waals surface area contributed by atoms with Gasteiger partial charge in [-0.15, -0.1) is 0 Å². The Bertz CT molecular complexity index is 140. The predicted molar refractivity (Wildman–Crippen MR) is 66.5 cm³/mol. The van der Waals surface area contributed by atoms with Crippen molar-refractivity contribution in [3.8, 4) is 0 Å². The summed E-state index contributed by atoms with van der Waals surface area (Å²) in [5.41, 5.74) is 0.505. The van der Waals surface area contributed by atoms with Crippen LogP contribution in [0.3, 0.4) is 0 Å². The molecule has 0 nitrogen and oxygen atoms in total. The molecule has 1 atom stereocenters. The van der Waals surface area contributed by atoms with Crippen molar-refractivity contribution in [1.82, 2.24) is 0 Å². The molecule has 0 heterocycles. The molecule has 0 bridgehead atoms. The smallest absolute Gasteiger partial charge is 0.0323 e. The highest BCUT2D eigenvalue weighted by atomic mass is 14.3. The minimum absolute atomic E-state index is 0.505. The summed E-state index contributed by atoms with van der Waals surface area (Å²) in [6.45, 7) is 16.6. The molecule has 0 aliphatic carbocycles. The highest BCUT2D eigenvalue weighted by Gasteiger charge is 2.29. The van der Waals surface area contributed by atoms with Crippen LogP contribution in [0, 0.1) is 23.2 Å². The summed E-state index contributed by atoms with van der Waals surface area (Å²) in [7, 11) is 0. The van der Waals surface area contributed by atoms with E-state index in [-0.39, 0.29) is 0 Å². The van der Waals surface area contributed by atoms with Crippen LogP contribution in [0.1, 0.15) is 67.7 Å². The molecule has 0 rings (SSSR count). The van der Waals surface area contributed by atoms with Gasteiger partial charge in [0.05, 0.1) is 0 Å². The van der Waals surface area contributed by atoms with E-state index in [1.807, 2.05) is 0 Å². The Morgan fingerprint density at radius 2 is 1.36 bits per heavy atom. The van der Waals surface area contributed by atoms with Gasteiger partial charge in [-0.3, -0.25) is 0 Å². The lowest BCUT2D eigenvalue weighted by atomic mass is 9.68. The molecule has 0 radical (unpaired) electrons. The maximum absolute atomic E-state index is 2.44. The molecule has 86 valence electrons. The number of hydrogen-bond donors (Lipinski definition) is 0. The van der Waals surface area contributed by atoms with Gasteiger partial charge >= 0.3 is 0 Å². The van der Waals surface area contributed by atoms with Gasteiger partial charge in [0.15, 0.2) is 0 Å². The Morgan fingerprint density at radius 1 is 0.929 bits per heavy atom. The topological polar surface area (TPSA) is 0 Å². The summed E-state index contributed by atoms with van der Waals surface area (Å²) in [5.74, 6) is 2.55. The number of rotatable bonds is 6. The van der Waals surface area contributed by atoms with Crippen LogP contribution < -0.4 is 0 Å². The second-order valence-electron chi connectivity index (χ2n) is 5.91. The summed E-state index contributed by atoms with van der Waals surface area (Å²) in [6.07, 6.45) is 4.06. The Morgan fingerprint density at radius 3 is 1.64 bits per heavy atom. The van der Waals surface area contributed by atoms with E-state index in [1.54, 1.807) is 0 Å². The first-order valence-corrected chi connectivity index (χ1v) is 6.35. The van der Waals surface area contributed by atoms with E-state index >= 15 is 0 Å². The van der Waals surface area contributed by atoms with Crippen molar-refractivity contribution < 1.29 is 0 Å². The second kappa shape index (κ2) is 5.78. The summed E-state index contributed by atoms with van der Waals surface area (Å²) < 4.78 is 0. The molecule has 0 aromatic rings. The molecule has 0 aromatic heterocycles. The molecule has 1 unspecified atom stereocenters. The molecule has 0 heteroatoms. The third-order valence-corrected chi connectivity index (χ3v) is 4.20. The minimum Gasteiger partial charge on any atom is -0.0651 e. The zero-order chi connectivity index (χ0) is 11.4. The fraction of sp³-hybridized carbons (Fsp3) is 1.00. The highest BCUT2D eigenvalue weighted by Crippen LogP contribution is 2.39. The zero-order valence-electron chi connectivity index (χ0n) is 11.4. The van der Waals surface area contributed by atoms with E-state index in [9.17, 15) is 0 Å². The summed E-state index contributed by atoms with van der Waals surface area (Å²) in [5, 5.41) is 0. The third-order valence-electron chi connectivity index (χ3n) is 4.20. The van der Waals surface area contributed by atoms with Gasteiger partial charge < -0.3 is 0 Å². The average molecular weight is 198 g/mol. The molecule has 0 aromatic carbocycles. The maximum Gasteiger partial charge on any atom is -0.0323 e. The molecule has 0 aliphatic rings. The van der Waals surface area contributed by atoms with E-state index in [0.717, 1.165) is 17.8 Å². The molecular formula is C14H30. The third kappa shape index (κ3) is 4.02.